The molecule has 1 aromatic carbocycles. The summed E-state index contributed by atoms with van der Waals surface area (Å²) in [7, 11) is 0. The van der Waals surface area contributed by atoms with Crippen LogP contribution in [0.15, 0.2) is 42.7 Å². The Morgan fingerprint density at radius 1 is 1.14 bits per heavy atom. The van der Waals surface area contributed by atoms with Crippen molar-refractivity contribution in [3.05, 3.63) is 58.2 Å². The number of thiazole rings is 1. The van der Waals surface area contributed by atoms with Gasteiger partial charge < -0.3 is 5.73 Å². The predicted molar refractivity (Wildman–Crippen MR) is 74.9 cm³/mol. The van der Waals surface area contributed by atoms with Crippen molar-refractivity contribution in [1.29, 1.82) is 0 Å². The van der Waals surface area contributed by atoms with Crippen LogP contribution in [0.2, 0.25) is 0 Å². The molecule has 0 saturated carbocycles. The zero-order chi connectivity index (χ0) is 15.0. The van der Waals surface area contributed by atoms with Crippen LogP contribution in [-0.4, -0.2) is 9.97 Å². The monoisotopic (exact) mass is 309 g/mol. The van der Waals surface area contributed by atoms with Gasteiger partial charge in [-0.1, -0.05) is 12.1 Å². The van der Waals surface area contributed by atoms with E-state index in [0.29, 0.717) is 16.2 Å². The highest BCUT2D eigenvalue weighted by Crippen LogP contribution is 2.35. The summed E-state index contributed by atoms with van der Waals surface area (Å²) in [6, 6.07) is 8.45. The van der Waals surface area contributed by atoms with Crippen LogP contribution in [-0.2, 0) is 6.18 Å². The van der Waals surface area contributed by atoms with Crippen LogP contribution in [0, 0.1) is 0 Å². The van der Waals surface area contributed by atoms with Crippen molar-refractivity contribution in [1.82, 2.24) is 9.97 Å². The molecule has 0 bridgehead atoms. The molecule has 7 heteroatoms. The topological polar surface area (TPSA) is 51.8 Å². The first-order chi connectivity index (χ1) is 9.95. The number of nitrogens with zero attached hydrogens (tertiary/aromatic N) is 2. The average molecular weight is 309 g/mol. The van der Waals surface area contributed by atoms with Crippen LogP contribution in [0.5, 0.6) is 0 Å². The lowest BCUT2D eigenvalue weighted by Crippen LogP contribution is -2.10. The van der Waals surface area contributed by atoms with Gasteiger partial charge in [0.2, 0.25) is 0 Å². The fraction of sp³-hybridized carbons (Fsp3) is 0.143. The second-order valence-corrected chi connectivity index (χ2v) is 5.56. The fourth-order valence-electron chi connectivity index (χ4n) is 2.01. The molecule has 2 N–H and O–H groups in total. The highest BCUT2D eigenvalue weighted by Gasteiger charge is 2.35. The molecule has 0 aliphatic rings. The summed E-state index contributed by atoms with van der Waals surface area (Å²) in [5.41, 5.74) is 7.59. The van der Waals surface area contributed by atoms with Gasteiger partial charge in [-0.05, 0) is 23.8 Å². The van der Waals surface area contributed by atoms with Gasteiger partial charge in [-0.15, -0.1) is 11.3 Å². The second-order valence-electron chi connectivity index (χ2n) is 4.50. The number of hydrogen-bond acceptors (Lipinski definition) is 4. The Bertz CT molecular complexity index is 782. The van der Waals surface area contributed by atoms with Crippen molar-refractivity contribution < 1.29 is 13.2 Å². The fourth-order valence-corrected chi connectivity index (χ4v) is 2.83. The lowest BCUT2D eigenvalue weighted by atomic mass is 10.0. The maximum atomic E-state index is 12.6. The maximum Gasteiger partial charge on any atom is 0.443 e. The predicted octanol–water partition coefficient (Wildman–Crippen LogP) is 3.76. The number of halogens is 3. The van der Waals surface area contributed by atoms with Gasteiger partial charge in [0.05, 0.1) is 11.6 Å². The zero-order valence-corrected chi connectivity index (χ0v) is 11.4. The van der Waals surface area contributed by atoms with Gasteiger partial charge in [-0.2, -0.15) is 13.2 Å². The molecule has 0 amide bonds. The molecule has 3 nitrogen and oxygen atoms in total. The van der Waals surface area contributed by atoms with Gasteiger partial charge in [0.15, 0.2) is 5.01 Å². The molecule has 0 spiro atoms. The van der Waals surface area contributed by atoms with E-state index in [0.717, 1.165) is 16.5 Å². The first-order valence-corrected chi connectivity index (χ1v) is 6.90. The molecule has 1 unspecified atom stereocenters. The van der Waals surface area contributed by atoms with E-state index in [9.17, 15) is 13.2 Å². The molecule has 3 aromatic rings. The molecule has 0 radical (unpaired) electrons. The number of pyridine rings is 1. The SMILES string of the molecule is NC(c1ccc2ncccc2c1)c1cnc(C(F)(F)F)s1. The van der Waals surface area contributed by atoms with E-state index in [1.54, 1.807) is 24.4 Å². The summed E-state index contributed by atoms with van der Waals surface area (Å²) < 4.78 is 37.7. The Balaban J connectivity index is 1.96. The third kappa shape index (κ3) is 2.74. The smallest absolute Gasteiger partial charge is 0.320 e. The number of nitrogens with two attached hydrogens (primary N) is 1. The molecule has 0 aliphatic heterocycles. The number of fused-ring (bicyclic) bond motifs is 1. The lowest BCUT2D eigenvalue weighted by molar-refractivity contribution is -0.137. The molecule has 1 atom stereocenters. The molecular weight excluding hydrogens is 299 g/mol. The molecule has 21 heavy (non-hydrogen) atoms. The van der Waals surface area contributed by atoms with E-state index >= 15 is 0 Å². The largest absolute Gasteiger partial charge is 0.443 e. The maximum absolute atomic E-state index is 12.6. The van der Waals surface area contributed by atoms with Crippen LogP contribution in [0.1, 0.15) is 21.5 Å². The Labute approximate surface area is 122 Å². The first-order valence-electron chi connectivity index (χ1n) is 6.08. The van der Waals surface area contributed by atoms with Gasteiger partial charge in [-0.25, -0.2) is 4.98 Å². The number of hydrogen-bond donors (Lipinski definition) is 1. The Hall–Kier alpha value is -1.99. The van der Waals surface area contributed by atoms with E-state index < -0.39 is 17.2 Å². The minimum absolute atomic E-state index is 0.380. The number of rotatable bonds is 2. The lowest BCUT2D eigenvalue weighted by Gasteiger charge is -2.10. The van der Waals surface area contributed by atoms with Crippen LogP contribution < -0.4 is 5.73 Å². The normalized spacial score (nSPS) is 13.5. The minimum atomic E-state index is -4.43. The Kier molecular flexibility index (Phi) is 3.38. The molecule has 108 valence electrons. The van der Waals surface area contributed by atoms with Gasteiger partial charge >= 0.3 is 6.18 Å². The first kappa shape index (κ1) is 14.0. The zero-order valence-electron chi connectivity index (χ0n) is 10.6. The second kappa shape index (κ2) is 5.09. The average Bonchev–Trinajstić information content (AvgIpc) is 2.96. The Morgan fingerprint density at radius 2 is 1.95 bits per heavy atom. The number of alkyl halides is 3. The van der Waals surface area contributed by atoms with Crippen molar-refractivity contribution in [3.63, 3.8) is 0 Å². The van der Waals surface area contributed by atoms with E-state index in [1.165, 1.54) is 6.20 Å². The van der Waals surface area contributed by atoms with E-state index in [2.05, 4.69) is 9.97 Å². The van der Waals surface area contributed by atoms with Crippen LogP contribution in [0.25, 0.3) is 10.9 Å². The molecule has 2 heterocycles. The van der Waals surface area contributed by atoms with Crippen molar-refractivity contribution in [2.24, 2.45) is 5.73 Å². The number of aromatic nitrogens is 2. The summed E-state index contributed by atoms with van der Waals surface area (Å²) in [5.74, 6) is 0. The molecule has 0 fully saturated rings. The molecular formula is C14H10F3N3S. The summed E-state index contributed by atoms with van der Waals surface area (Å²) >= 11 is 0.571. The highest BCUT2D eigenvalue weighted by molar-refractivity contribution is 7.11. The van der Waals surface area contributed by atoms with Crippen molar-refractivity contribution in [2.75, 3.05) is 0 Å². The molecule has 2 aromatic heterocycles. The molecule has 0 saturated heterocycles. The third-order valence-corrected chi connectivity index (χ3v) is 4.18. The summed E-state index contributed by atoms with van der Waals surface area (Å²) in [5, 5.41) is 0.0152. The van der Waals surface area contributed by atoms with Crippen molar-refractivity contribution in [2.45, 2.75) is 12.2 Å². The standard InChI is InChI=1S/C14H10F3N3S/c15-14(16,17)13-20-7-11(21-13)12(18)9-3-4-10-8(6-9)2-1-5-19-10/h1-7,12H,18H2. The molecule has 3 rings (SSSR count). The van der Waals surface area contributed by atoms with Gasteiger partial charge in [0.1, 0.15) is 0 Å². The summed E-state index contributed by atoms with van der Waals surface area (Å²) in [4.78, 5) is 7.97. The summed E-state index contributed by atoms with van der Waals surface area (Å²) in [6.07, 6.45) is -1.57. The third-order valence-electron chi connectivity index (χ3n) is 3.06. The van der Waals surface area contributed by atoms with Crippen molar-refractivity contribution in [3.8, 4) is 0 Å². The number of benzene rings is 1. The highest BCUT2D eigenvalue weighted by atomic mass is 32.1. The minimum Gasteiger partial charge on any atom is -0.320 e. The van der Waals surface area contributed by atoms with Gasteiger partial charge in [0, 0.05) is 22.7 Å². The van der Waals surface area contributed by atoms with Gasteiger partial charge in [-0.3, -0.25) is 4.98 Å². The van der Waals surface area contributed by atoms with Gasteiger partial charge in [0.25, 0.3) is 0 Å². The van der Waals surface area contributed by atoms with Crippen molar-refractivity contribution >= 4 is 22.2 Å². The quantitative estimate of drug-likeness (QED) is 0.784. The molecule has 0 aliphatic carbocycles. The van der Waals surface area contributed by atoms with Crippen LogP contribution in [0.3, 0.4) is 0 Å². The van der Waals surface area contributed by atoms with E-state index in [4.69, 9.17) is 5.73 Å². The van der Waals surface area contributed by atoms with E-state index in [1.807, 2.05) is 12.1 Å². The van der Waals surface area contributed by atoms with Crippen LogP contribution in [0.4, 0.5) is 13.2 Å². The van der Waals surface area contributed by atoms with E-state index in [-0.39, 0.29) is 0 Å². The Morgan fingerprint density at radius 3 is 2.67 bits per heavy atom. The summed E-state index contributed by atoms with van der Waals surface area (Å²) in [6.45, 7) is 0. The van der Waals surface area contributed by atoms with Crippen LogP contribution >= 0.6 is 11.3 Å².